The van der Waals surface area contributed by atoms with E-state index in [0.717, 1.165) is 22.6 Å². The Hall–Kier alpha value is -3.29. The van der Waals surface area contributed by atoms with Crippen LogP contribution in [0.1, 0.15) is 17.8 Å². The number of likely N-dealkylation sites (tertiary alicyclic amines) is 1. The maximum absolute atomic E-state index is 12.3. The van der Waals surface area contributed by atoms with Crippen molar-refractivity contribution in [1.82, 2.24) is 24.5 Å². The van der Waals surface area contributed by atoms with Gasteiger partial charge in [-0.1, -0.05) is 12.1 Å². The van der Waals surface area contributed by atoms with Crippen LogP contribution < -0.4 is 5.32 Å². The standard InChI is InChI=1S/C19H20N6O2/c1-11-12(2)25-10-16(21-19(25)23-22-11)13-4-6-15(7-5-13)20-18(27)14-8-17(26)24(3)9-14/h4-7,10,14H,8-9H2,1-3H3,(H,20,27). The van der Waals surface area contributed by atoms with Gasteiger partial charge in [0.1, 0.15) is 0 Å². The van der Waals surface area contributed by atoms with E-state index >= 15 is 0 Å². The van der Waals surface area contributed by atoms with Crippen LogP contribution in [0.4, 0.5) is 5.69 Å². The number of aryl methyl sites for hydroxylation is 2. The molecule has 2 aromatic heterocycles. The highest BCUT2D eigenvalue weighted by Gasteiger charge is 2.32. The number of fused-ring (bicyclic) bond motifs is 1. The van der Waals surface area contributed by atoms with E-state index in [2.05, 4.69) is 20.5 Å². The Bertz CT molecular complexity index is 1040. The Morgan fingerprint density at radius 2 is 1.93 bits per heavy atom. The number of carbonyl (C=O) groups excluding carboxylic acids is 2. The Kier molecular flexibility index (Phi) is 4.10. The van der Waals surface area contributed by atoms with Crippen LogP contribution in [0.3, 0.4) is 0 Å². The van der Waals surface area contributed by atoms with Gasteiger partial charge in [-0.15, -0.1) is 5.10 Å². The van der Waals surface area contributed by atoms with Crippen LogP contribution in [0, 0.1) is 19.8 Å². The van der Waals surface area contributed by atoms with Crippen molar-refractivity contribution in [3.8, 4) is 11.3 Å². The Morgan fingerprint density at radius 1 is 1.19 bits per heavy atom. The van der Waals surface area contributed by atoms with Gasteiger partial charge in [-0.3, -0.25) is 14.0 Å². The van der Waals surface area contributed by atoms with Crippen LogP contribution in [-0.2, 0) is 9.59 Å². The second-order valence-electron chi connectivity index (χ2n) is 6.91. The van der Waals surface area contributed by atoms with Crippen LogP contribution in [0.5, 0.6) is 0 Å². The van der Waals surface area contributed by atoms with Crippen molar-refractivity contribution in [2.75, 3.05) is 18.9 Å². The zero-order valence-electron chi connectivity index (χ0n) is 15.4. The van der Waals surface area contributed by atoms with Gasteiger partial charge in [0, 0.05) is 43.2 Å². The summed E-state index contributed by atoms with van der Waals surface area (Å²) in [7, 11) is 1.72. The Morgan fingerprint density at radius 3 is 2.59 bits per heavy atom. The van der Waals surface area contributed by atoms with Gasteiger partial charge in [-0.25, -0.2) is 4.98 Å². The summed E-state index contributed by atoms with van der Waals surface area (Å²) in [5.41, 5.74) is 4.27. The fourth-order valence-electron chi connectivity index (χ4n) is 3.20. The SMILES string of the molecule is Cc1nnc2nc(-c3ccc(NC(=O)C4CC(=O)N(C)C4)cc3)cn2c1C. The average molecular weight is 364 g/mol. The van der Waals surface area contributed by atoms with Crippen molar-refractivity contribution in [3.05, 3.63) is 41.9 Å². The summed E-state index contributed by atoms with van der Waals surface area (Å²) < 4.78 is 1.92. The number of nitrogens with zero attached hydrogens (tertiary/aromatic N) is 5. The molecule has 2 amide bonds. The predicted molar refractivity (Wildman–Crippen MR) is 100 cm³/mol. The van der Waals surface area contributed by atoms with Gasteiger partial charge >= 0.3 is 0 Å². The summed E-state index contributed by atoms with van der Waals surface area (Å²) in [6, 6.07) is 7.47. The zero-order chi connectivity index (χ0) is 19.1. The number of rotatable bonds is 3. The summed E-state index contributed by atoms with van der Waals surface area (Å²) in [6.45, 7) is 4.35. The molecule has 1 saturated heterocycles. The first-order chi connectivity index (χ1) is 12.9. The van der Waals surface area contributed by atoms with Crippen molar-refractivity contribution in [1.29, 1.82) is 0 Å². The lowest BCUT2D eigenvalue weighted by atomic mass is 10.1. The Balaban J connectivity index is 1.52. The number of carbonyl (C=O) groups is 2. The highest BCUT2D eigenvalue weighted by molar-refractivity contribution is 5.97. The molecule has 8 heteroatoms. The molecule has 27 heavy (non-hydrogen) atoms. The van der Waals surface area contributed by atoms with Gasteiger partial charge in [-0.05, 0) is 26.0 Å². The smallest absolute Gasteiger partial charge is 0.254 e. The quantitative estimate of drug-likeness (QED) is 0.765. The third-order valence-corrected chi connectivity index (χ3v) is 5.02. The minimum Gasteiger partial charge on any atom is -0.345 e. The van der Waals surface area contributed by atoms with Gasteiger partial charge in [0.05, 0.1) is 17.3 Å². The van der Waals surface area contributed by atoms with Crippen LogP contribution in [0.25, 0.3) is 17.0 Å². The molecule has 1 fully saturated rings. The molecular formula is C19H20N6O2. The largest absolute Gasteiger partial charge is 0.345 e. The number of anilines is 1. The summed E-state index contributed by atoms with van der Waals surface area (Å²) in [5.74, 6) is 0.131. The van der Waals surface area contributed by atoms with Gasteiger partial charge in [-0.2, -0.15) is 5.10 Å². The summed E-state index contributed by atoms with van der Waals surface area (Å²) in [6.07, 6.45) is 2.20. The molecule has 0 saturated carbocycles. The van der Waals surface area contributed by atoms with Crippen LogP contribution in [-0.4, -0.2) is 49.9 Å². The minimum absolute atomic E-state index is 0.00553. The first kappa shape index (κ1) is 17.1. The summed E-state index contributed by atoms with van der Waals surface area (Å²) >= 11 is 0. The molecule has 138 valence electrons. The summed E-state index contributed by atoms with van der Waals surface area (Å²) in [5, 5.41) is 11.1. The van der Waals surface area contributed by atoms with E-state index in [-0.39, 0.29) is 24.2 Å². The molecule has 3 heterocycles. The lowest BCUT2D eigenvalue weighted by Crippen LogP contribution is -2.25. The molecule has 1 atom stereocenters. The molecular weight excluding hydrogens is 344 g/mol. The minimum atomic E-state index is -0.301. The van der Waals surface area contributed by atoms with Crippen molar-refractivity contribution in [2.24, 2.45) is 5.92 Å². The second-order valence-corrected chi connectivity index (χ2v) is 6.91. The lowest BCUT2D eigenvalue weighted by molar-refractivity contribution is -0.127. The lowest BCUT2D eigenvalue weighted by Gasteiger charge is -2.11. The monoisotopic (exact) mass is 364 g/mol. The molecule has 0 aliphatic carbocycles. The fourth-order valence-corrected chi connectivity index (χ4v) is 3.20. The molecule has 1 aliphatic rings. The van der Waals surface area contributed by atoms with Crippen LogP contribution in [0.2, 0.25) is 0 Å². The van der Waals surface area contributed by atoms with E-state index in [1.54, 1.807) is 11.9 Å². The number of aromatic nitrogens is 4. The third kappa shape index (κ3) is 3.14. The van der Waals surface area contributed by atoms with Crippen molar-refractivity contribution in [3.63, 3.8) is 0 Å². The normalized spacial score (nSPS) is 16.9. The molecule has 4 rings (SSSR count). The van der Waals surface area contributed by atoms with Gasteiger partial charge in [0.2, 0.25) is 11.8 Å². The molecule has 3 aromatic rings. The van der Waals surface area contributed by atoms with Crippen LogP contribution in [0.15, 0.2) is 30.5 Å². The number of imidazole rings is 1. The molecule has 0 radical (unpaired) electrons. The maximum atomic E-state index is 12.3. The van der Waals surface area contributed by atoms with Crippen molar-refractivity contribution in [2.45, 2.75) is 20.3 Å². The molecule has 1 aliphatic heterocycles. The summed E-state index contributed by atoms with van der Waals surface area (Å²) in [4.78, 5) is 30.0. The number of hydrogen-bond donors (Lipinski definition) is 1. The van der Waals surface area contributed by atoms with E-state index < -0.39 is 0 Å². The molecule has 8 nitrogen and oxygen atoms in total. The van der Waals surface area contributed by atoms with Crippen LogP contribution >= 0.6 is 0 Å². The predicted octanol–water partition coefficient (Wildman–Crippen LogP) is 1.82. The van der Waals surface area contributed by atoms with Crippen molar-refractivity contribution < 1.29 is 9.59 Å². The number of hydrogen-bond acceptors (Lipinski definition) is 5. The number of nitrogens with one attached hydrogen (secondary N) is 1. The van der Waals surface area contributed by atoms with Gasteiger partial charge in [0.25, 0.3) is 5.78 Å². The van der Waals surface area contributed by atoms with E-state index in [4.69, 9.17) is 0 Å². The maximum Gasteiger partial charge on any atom is 0.254 e. The van der Waals surface area contributed by atoms with E-state index in [0.29, 0.717) is 18.0 Å². The Labute approximate surface area is 156 Å². The van der Waals surface area contributed by atoms with Gasteiger partial charge < -0.3 is 10.2 Å². The molecule has 1 N–H and O–H groups in total. The second kappa shape index (κ2) is 6.46. The third-order valence-electron chi connectivity index (χ3n) is 5.02. The van der Waals surface area contributed by atoms with Gasteiger partial charge in [0.15, 0.2) is 0 Å². The molecule has 0 spiro atoms. The molecule has 1 unspecified atom stereocenters. The zero-order valence-corrected chi connectivity index (χ0v) is 15.4. The van der Waals surface area contributed by atoms with E-state index in [1.165, 1.54) is 0 Å². The highest BCUT2D eigenvalue weighted by atomic mass is 16.2. The van der Waals surface area contributed by atoms with E-state index in [1.807, 2.05) is 48.7 Å². The molecule has 1 aromatic carbocycles. The first-order valence-electron chi connectivity index (χ1n) is 8.76. The average Bonchev–Trinajstić information content (AvgIpc) is 3.23. The van der Waals surface area contributed by atoms with Crippen molar-refractivity contribution >= 4 is 23.3 Å². The number of benzene rings is 1. The molecule has 0 bridgehead atoms. The fraction of sp³-hybridized carbons (Fsp3) is 0.316. The number of amides is 2. The first-order valence-corrected chi connectivity index (χ1v) is 8.76. The van der Waals surface area contributed by atoms with E-state index in [9.17, 15) is 9.59 Å². The topological polar surface area (TPSA) is 92.5 Å². The highest BCUT2D eigenvalue weighted by Crippen LogP contribution is 2.23.